The summed E-state index contributed by atoms with van der Waals surface area (Å²) in [5, 5.41) is 0. The topological polar surface area (TPSA) is 26.3 Å². The summed E-state index contributed by atoms with van der Waals surface area (Å²) < 4.78 is 4.77. The fraction of sp³-hybridized carbons (Fsp3) is 0.462. The van der Waals surface area contributed by atoms with Crippen molar-refractivity contribution in [1.29, 1.82) is 0 Å². The highest BCUT2D eigenvalue weighted by Crippen LogP contribution is 2.23. The van der Waals surface area contributed by atoms with Crippen LogP contribution >= 0.6 is 0 Å². The highest BCUT2D eigenvalue weighted by Gasteiger charge is 2.28. The summed E-state index contributed by atoms with van der Waals surface area (Å²) in [5.41, 5.74) is 1.94. The molecule has 0 aliphatic carbocycles. The van der Waals surface area contributed by atoms with Crippen LogP contribution in [-0.4, -0.2) is 13.1 Å². The van der Waals surface area contributed by atoms with Crippen LogP contribution in [0, 0.1) is 12.3 Å². The average molecular weight is 206 g/mol. The zero-order chi connectivity index (χ0) is 11.5. The first-order valence-corrected chi connectivity index (χ1v) is 5.09. The van der Waals surface area contributed by atoms with Crippen molar-refractivity contribution < 1.29 is 9.53 Å². The van der Waals surface area contributed by atoms with E-state index in [4.69, 9.17) is 4.74 Å². The normalized spacial score (nSPS) is 11.2. The van der Waals surface area contributed by atoms with Gasteiger partial charge < -0.3 is 4.74 Å². The largest absolute Gasteiger partial charge is 0.469 e. The summed E-state index contributed by atoms with van der Waals surface area (Å²) in [7, 11) is 1.43. The molecule has 1 rings (SSSR count). The van der Waals surface area contributed by atoms with Crippen molar-refractivity contribution in [1.82, 2.24) is 0 Å². The molecular weight excluding hydrogens is 188 g/mol. The zero-order valence-electron chi connectivity index (χ0n) is 9.83. The smallest absolute Gasteiger partial charge is 0.311 e. The van der Waals surface area contributed by atoms with E-state index in [1.165, 1.54) is 12.7 Å². The molecule has 0 aliphatic heterocycles. The minimum atomic E-state index is -0.454. The van der Waals surface area contributed by atoms with Crippen LogP contribution in [-0.2, 0) is 16.0 Å². The van der Waals surface area contributed by atoms with Gasteiger partial charge in [0.25, 0.3) is 0 Å². The molecule has 1 aromatic carbocycles. The monoisotopic (exact) mass is 206 g/mol. The Balaban J connectivity index is 2.77. The van der Waals surface area contributed by atoms with E-state index in [0.29, 0.717) is 6.42 Å². The molecule has 0 saturated carbocycles. The second-order valence-electron chi connectivity index (χ2n) is 4.54. The number of methoxy groups -OCH3 is 1. The van der Waals surface area contributed by atoms with Crippen LogP contribution in [0.3, 0.4) is 0 Å². The van der Waals surface area contributed by atoms with E-state index in [9.17, 15) is 4.79 Å². The molecule has 2 nitrogen and oxygen atoms in total. The average Bonchev–Trinajstić information content (AvgIpc) is 2.20. The molecule has 0 unspecified atom stereocenters. The van der Waals surface area contributed by atoms with Crippen LogP contribution in [0.2, 0.25) is 0 Å². The van der Waals surface area contributed by atoms with E-state index >= 15 is 0 Å². The molecule has 0 aliphatic rings. The molecule has 0 radical (unpaired) electrons. The van der Waals surface area contributed by atoms with Crippen LogP contribution in [0.25, 0.3) is 0 Å². The number of aryl methyl sites for hydroxylation is 1. The molecule has 1 aromatic rings. The van der Waals surface area contributed by atoms with Gasteiger partial charge in [-0.05, 0) is 32.8 Å². The van der Waals surface area contributed by atoms with E-state index in [2.05, 4.69) is 31.2 Å². The molecule has 0 saturated heterocycles. The zero-order valence-corrected chi connectivity index (χ0v) is 9.83. The number of hydrogen-bond donors (Lipinski definition) is 0. The maximum absolute atomic E-state index is 11.5. The third kappa shape index (κ3) is 3.08. The summed E-state index contributed by atoms with van der Waals surface area (Å²) in [6.45, 7) is 5.85. The first-order chi connectivity index (χ1) is 6.95. The lowest BCUT2D eigenvalue weighted by Crippen LogP contribution is -2.27. The van der Waals surface area contributed by atoms with Gasteiger partial charge in [-0.1, -0.05) is 29.8 Å². The minimum absolute atomic E-state index is 0.164. The van der Waals surface area contributed by atoms with Crippen molar-refractivity contribution >= 4 is 5.97 Å². The highest BCUT2D eigenvalue weighted by molar-refractivity contribution is 5.76. The maximum Gasteiger partial charge on any atom is 0.311 e. The van der Waals surface area contributed by atoms with Crippen LogP contribution in [0.1, 0.15) is 25.0 Å². The van der Waals surface area contributed by atoms with Gasteiger partial charge in [-0.25, -0.2) is 0 Å². The quantitative estimate of drug-likeness (QED) is 0.711. The fourth-order valence-electron chi connectivity index (χ4n) is 1.56. The molecule has 15 heavy (non-hydrogen) atoms. The molecule has 0 atom stereocenters. The van der Waals surface area contributed by atoms with Crippen molar-refractivity contribution in [2.24, 2.45) is 5.41 Å². The van der Waals surface area contributed by atoms with Gasteiger partial charge in [-0.15, -0.1) is 0 Å². The van der Waals surface area contributed by atoms with Gasteiger partial charge in [0.05, 0.1) is 12.5 Å². The molecular formula is C13H18O2. The van der Waals surface area contributed by atoms with Gasteiger partial charge in [-0.3, -0.25) is 4.79 Å². The van der Waals surface area contributed by atoms with E-state index in [0.717, 1.165) is 5.56 Å². The molecule has 0 N–H and O–H groups in total. The van der Waals surface area contributed by atoms with Gasteiger partial charge in [0.1, 0.15) is 0 Å². The summed E-state index contributed by atoms with van der Waals surface area (Å²) in [6, 6.07) is 8.23. The maximum atomic E-state index is 11.5. The number of carbonyl (C=O) groups excluding carboxylic acids is 1. The standard InChI is InChI=1S/C13H18O2/c1-10-5-7-11(8-6-10)9-13(2,3)12(14)15-4/h5-8H,9H2,1-4H3. The van der Waals surface area contributed by atoms with E-state index in [1.807, 2.05) is 13.8 Å². The summed E-state index contributed by atoms with van der Waals surface area (Å²) in [5.74, 6) is -0.164. The Labute approximate surface area is 91.3 Å². The fourth-order valence-corrected chi connectivity index (χ4v) is 1.56. The Morgan fingerprint density at radius 1 is 1.27 bits per heavy atom. The number of benzene rings is 1. The van der Waals surface area contributed by atoms with Crippen molar-refractivity contribution in [2.75, 3.05) is 7.11 Å². The van der Waals surface area contributed by atoms with Crippen molar-refractivity contribution in [3.63, 3.8) is 0 Å². The first kappa shape index (κ1) is 11.8. The predicted octanol–water partition coefficient (Wildman–Crippen LogP) is 2.74. The van der Waals surface area contributed by atoms with Crippen LogP contribution in [0.15, 0.2) is 24.3 Å². The highest BCUT2D eigenvalue weighted by atomic mass is 16.5. The molecule has 0 amide bonds. The summed E-state index contributed by atoms with van der Waals surface area (Å²) in [6.07, 6.45) is 0.708. The van der Waals surface area contributed by atoms with Gasteiger partial charge in [0.15, 0.2) is 0 Å². The lowest BCUT2D eigenvalue weighted by atomic mass is 9.86. The second-order valence-corrected chi connectivity index (χ2v) is 4.54. The van der Waals surface area contributed by atoms with Crippen molar-refractivity contribution in [2.45, 2.75) is 27.2 Å². The van der Waals surface area contributed by atoms with E-state index < -0.39 is 5.41 Å². The Hall–Kier alpha value is -1.31. The number of hydrogen-bond acceptors (Lipinski definition) is 2. The third-order valence-electron chi connectivity index (χ3n) is 2.50. The van der Waals surface area contributed by atoms with Crippen molar-refractivity contribution in [3.8, 4) is 0 Å². The third-order valence-corrected chi connectivity index (χ3v) is 2.50. The van der Waals surface area contributed by atoms with Crippen LogP contribution < -0.4 is 0 Å². The molecule has 0 fully saturated rings. The Morgan fingerprint density at radius 3 is 2.27 bits per heavy atom. The number of ether oxygens (including phenoxy) is 1. The SMILES string of the molecule is COC(=O)C(C)(C)Cc1ccc(C)cc1. The van der Waals surface area contributed by atoms with E-state index in [1.54, 1.807) is 0 Å². The van der Waals surface area contributed by atoms with Crippen molar-refractivity contribution in [3.05, 3.63) is 35.4 Å². The van der Waals surface area contributed by atoms with Gasteiger partial charge >= 0.3 is 5.97 Å². The molecule has 0 bridgehead atoms. The number of esters is 1. The summed E-state index contributed by atoms with van der Waals surface area (Å²) >= 11 is 0. The lowest BCUT2D eigenvalue weighted by Gasteiger charge is -2.21. The Kier molecular flexibility index (Phi) is 3.51. The van der Waals surface area contributed by atoms with E-state index in [-0.39, 0.29) is 5.97 Å². The minimum Gasteiger partial charge on any atom is -0.469 e. The second kappa shape index (κ2) is 4.47. The predicted molar refractivity (Wildman–Crippen MR) is 60.7 cm³/mol. The molecule has 82 valence electrons. The van der Waals surface area contributed by atoms with Gasteiger partial charge in [0.2, 0.25) is 0 Å². The van der Waals surface area contributed by atoms with Gasteiger partial charge in [0, 0.05) is 0 Å². The van der Waals surface area contributed by atoms with Crippen LogP contribution in [0.5, 0.6) is 0 Å². The molecule has 0 spiro atoms. The Morgan fingerprint density at radius 2 is 1.80 bits per heavy atom. The first-order valence-electron chi connectivity index (χ1n) is 5.09. The molecule has 0 aromatic heterocycles. The summed E-state index contributed by atoms with van der Waals surface area (Å²) in [4.78, 5) is 11.5. The molecule has 0 heterocycles. The Bertz CT molecular complexity index is 336. The molecule has 2 heteroatoms. The lowest BCUT2D eigenvalue weighted by molar-refractivity contribution is -0.150. The van der Waals surface area contributed by atoms with Crippen LogP contribution in [0.4, 0.5) is 0 Å². The number of carbonyl (C=O) groups is 1. The van der Waals surface area contributed by atoms with Gasteiger partial charge in [-0.2, -0.15) is 0 Å². The number of rotatable bonds is 3.